The molecule has 4 rings (SSSR count). The van der Waals surface area contributed by atoms with E-state index in [9.17, 15) is 4.79 Å². The summed E-state index contributed by atoms with van der Waals surface area (Å²) in [7, 11) is 0. The van der Waals surface area contributed by atoms with E-state index in [2.05, 4.69) is 4.98 Å². The number of nitrogens with two attached hydrogens (primary N) is 1. The van der Waals surface area contributed by atoms with Crippen LogP contribution in [0.25, 0.3) is 10.4 Å². The molecule has 1 aliphatic carbocycles. The summed E-state index contributed by atoms with van der Waals surface area (Å²) < 4.78 is 0. The van der Waals surface area contributed by atoms with Crippen molar-refractivity contribution in [3.8, 4) is 10.4 Å². The van der Waals surface area contributed by atoms with E-state index in [0.717, 1.165) is 23.3 Å². The quantitative estimate of drug-likeness (QED) is 0.939. The van der Waals surface area contributed by atoms with Gasteiger partial charge in [0.25, 0.3) is 5.91 Å². The van der Waals surface area contributed by atoms with Gasteiger partial charge in [0.1, 0.15) is 5.69 Å². The molecule has 0 unspecified atom stereocenters. The van der Waals surface area contributed by atoms with E-state index in [4.69, 9.17) is 17.3 Å². The highest BCUT2D eigenvalue weighted by Gasteiger charge is 2.53. The normalized spacial score (nSPS) is 26.1. The molecule has 1 amide bonds. The Balaban J connectivity index is 1.69. The van der Waals surface area contributed by atoms with Gasteiger partial charge in [0, 0.05) is 23.7 Å². The largest absolute Gasteiger partial charge is 0.330 e. The van der Waals surface area contributed by atoms with Crippen molar-refractivity contribution in [2.45, 2.75) is 24.9 Å². The van der Waals surface area contributed by atoms with Gasteiger partial charge in [0.15, 0.2) is 0 Å². The van der Waals surface area contributed by atoms with Gasteiger partial charge in [-0.05, 0) is 36.5 Å². The number of thiazole rings is 1. The maximum absolute atomic E-state index is 13.0. The number of hydrogen-bond donors (Lipinski definition) is 1. The second-order valence-electron chi connectivity index (χ2n) is 5.94. The van der Waals surface area contributed by atoms with E-state index in [1.165, 1.54) is 11.3 Å². The molecular formula is C16H16ClN3OS. The number of hydrogen-bond acceptors (Lipinski definition) is 4. The zero-order valence-electron chi connectivity index (χ0n) is 11.9. The predicted molar refractivity (Wildman–Crippen MR) is 88.1 cm³/mol. The molecule has 6 heteroatoms. The molecule has 1 aliphatic heterocycles. The first-order valence-corrected chi connectivity index (χ1v) is 8.67. The standard InChI is InChI=1S/C16H16ClN3OS/c17-11-3-1-2-9(4-11)15-14(19-8-22-15)16(21)20-12(7-18)5-10-6-13(10)20/h1-4,8,10,12-13H,5-7,18H2/t10-,12+,13+/m1/s1. The summed E-state index contributed by atoms with van der Waals surface area (Å²) in [5.74, 6) is 0.655. The number of amides is 1. The van der Waals surface area contributed by atoms with Crippen molar-refractivity contribution in [2.75, 3.05) is 6.54 Å². The SMILES string of the molecule is NC[C@@H]1C[C@@H]2C[C@@H]2N1C(=O)c1ncsc1-c1cccc(Cl)c1. The van der Waals surface area contributed by atoms with Crippen molar-refractivity contribution < 1.29 is 4.79 Å². The van der Waals surface area contributed by atoms with Crippen LogP contribution >= 0.6 is 22.9 Å². The molecule has 1 saturated heterocycles. The smallest absolute Gasteiger partial charge is 0.274 e. The maximum Gasteiger partial charge on any atom is 0.274 e. The van der Waals surface area contributed by atoms with Crippen LogP contribution in [0.4, 0.5) is 0 Å². The number of halogens is 1. The monoisotopic (exact) mass is 333 g/mol. The van der Waals surface area contributed by atoms with Crippen LogP contribution in [0.15, 0.2) is 29.8 Å². The highest BCUT2D eigenvalue weighted by molar-refractivity contribution is 7.13. The van der Waals surface area contributed by atoms with Crippen molar-refractivity contribution in [1.29, 1.82) is 0 Å². The third kappa shape index (κ3) is 2.24. The fourth-order valence-electron chi connectivity index (χ4n) is 3.44. The van der Waals surface area contributed by atoms with Gasteiger partial charge >= 0.3 is 0 Å². The van der Waals surface area contributed by atoms with E-state index in [-0.39, 0.29) is 11.9 Å². The van der Waals surface area contributed by atoms with Crippen LogP contribution in [-0.2, 0) is 0 Å². The van der Waals surface area contributed by atoms with E-state index in [1.54, 1.807) is 5.51 Å². The highest BCUT2D eigenvalue weighted by atomic mass is 35.5. The van der Waals surface area contributed by atoms with Crippen LogP contribution in [0.2, 0.25) is 5.02 Å². The zero-order valence-corrected chi connectivity index (χ0v) is 13.5. The van der Waals surface area contributed by atoms with E-state index in [0.29, 0.717) is 29.2 Å². The molecule has 2 N–H and O–H groups in total. The molecule has 0 spiro atoms. The third-order valence-corrected chi connectivity index (χ3v) is 5.68. The first-order valence-electron chi connectivity index (χ1n) is 7.41. The fraction of sp³-hybridized carbons (Fsp3) is 0.375. The molecular weight excluding hydrogens is 318 g/mol. The van der Waals surface area contributed by atoms with Crippen LogP contribution in [0.3, 0.4) is 0 Å². The molecule has 2 heterocycles. The molecule has 1 saturated carbocycles. The minimum Gasteiger partial charge on any atom is -0.330 e. The number of aromatic nitrogens is 1. The zero-order chi connectivity index (χ0) is 15.3. The van der Waals surface area contributed by atoms with E-state index in [1.807, 2.05) is 29.2 Å². The average Bonchev–Trinajstić information content (AvgIpc) is 2.99. The van der Waals surface area contributed by atoms with Crippen LogP contribution in [0.1, 0.15) is 23.3 Å². The molecule has 4 nitrogen and oxygen atoms in total. The number of fused-ring (bicyclic) bond motifs is 1. The lowest BCUT2D eigenvalue weighted by Gasteiger charge is -2.26. The third-order valence-electron chi connectivity index (χ3n) is 4.57. The van der Waals surface area contributed by atoms with E-state index >= 15 is 0 Å². The summed E-state index contributed by atoms with van der Waals surface area (Å²) in [6.07, 6.45) is 2.14. The van der Waals surface area contributed by atoms with Gasteiger partial charge in [-0.15, -0.1) is 11.3 Å². The van der Waals surface area contributed by atoms with Gasteiger partial charge in [0.2, 0.25) is 0 Å². The summed E-state index contributed by atoms with van der Waals surface area (Å²) in [5.41, 5.74) is 9.03. The Kier molecular flexibility index (Phi) is 3.44. The summed E-state index contributed by atoms with van der Waals surface area (Å²) >= 11 is 7.54. The Morgan fingerprint density at radius 2 is 2.32 bits per heavy atom. The van der Waals surface area contributed by atoms with Crippen molar-refractivity contribution in [3.05, 3.63) is 40.5 Å². The average molecular weight is 334 g/mol. The molecule has 2 fully saturated rings. The minimum absolute atomic E-state index is 0.0108. The molecule has 2 aliphatic rings. The van der Waals surface area contributed by atoms with Gasteiger partial charge in [-0.1, -0.05) is 23.7 Å². The molecule has 0 radical (unpaired) electrons. The van der Waals surface area contributed by atoms with Crippen molar-refractivity contribution in [3.63, 3.8) is 0 Å². The van der Waals surface area contributed by atoms with E-state index < -0.39 is 0 Å². The van der Waals surface area contributed by atoms with Crippen LogP contribution in [0, 0.1) is 5.92 Å². The molecule has 1 aromatic heterocycles. The van der Waals surface area contributed by atoms with Crippen molar-refractivity contribution in [2.24, 2.45) is 11.7 Å². The Labute approximate surface area is 137 Å². The highest BCUT2D eigenvalue weighted by Crippen LogP contribution is 2.48. The molecule has 22 heavy (non-hydrogen) atoms. The minimum atomic E-state index is 0.0108. The fourth-order valence-corrected chi connectivity index (χ4v) is 4.41. The number of likely N-dealkylation sites (tertiary alicyclic amines) is 1. The van der Waals surface area contributed by atoms with Gasteiger partial charge in [-0.3, -0.25) is 4.79 Å². The summed E-state index contributed by atoms with van der Waals surface area (Å²) in [5, 5.41) is 0.660. The molecule has 3 atom stereocenters. The first kappa shape index (κ1) is 14.2. The topological polar surface area (TPSA) is 59.2 Å². The lowest BCUT2D eigenvalue weighted by Crippen LogP contribution is -2.42. The van der Waals surface area contributed by atoms with Crippen LogP contribution in [-0.4, -0.2) is 34.4 Å². The Morgan fingerprint density at radius 3 is 3.09 bits per heavy atom. The predicted octanol–water partition coefficient (Wildman–Crippen LogP) is 3.03. The van der Waals surface area contributed by atoms with Gasteiger partial charge in [-0.25, -0.2) is 4.98 Å². The van der Waals surface area contributed by atoms with Gasteiger partial charge < -0.3 is 10.6 Å². The van der Waals surface area contributed by atoms with Crippen LogP contribution in [0.5, 0.6) is 0 Å². The maximum atomic E-state index is 13.0. The second kappa shape index (κ2) is 5.33. The van der Waals surface area contributed by atoms with Crippen LogP contribution < -0.4 is 5.73 Å². The molecule has 2 aromatic rings. The number of benzene rings is 1. The molecule has 0 bridgehead atoms. The Morgan fingerprint density at radius 1 is 1.45 bits per heavy atom. The lowest BCUT2D eigenvalue weighted by molar-refractivity contribution is 0.0701. The number of rotatable bonds is 3. The Hall–Kier alpha value is -1.43. The summed E-state index contributed by atoms with van der Waals surface area (Å²) in [4.78, 5) is 20.2. The van der Waals surface area contributed by atoms with Crippen molar-refractivity contribution >= 4 is 28.8 Å². The Bertz CT molecular complexity index is 732. The van der Waals surface area contributed by atoms with Crippen molar-refractivity contribution in [1.82, 2.24) is 9.88 Å². The van der Waals surface area contributed by atoms with Gasteiger partial charge in [0.05, 0.1) is 10.4 Å². The number of nitrogens with zero attached hydrogens (tertiary/aromatic N) is 2. The second-order valence-corrected chi connectivity index (χ2v) is 7.23. The summed E-state index contributed by atoms with van der Waals surface area (Å²) in [6, 6.07) is 8.07. The number of piperidine rings is 1. The van der Waals surface area contributed by atoms with Gasteiger partial charge in [-0.2, -0.15) is 0 Å². The molecule has 1 aromatic carbocycles. The summed E-state index contributed by atoms with van der Waals surface area (Å²) in [6.45, 7) is 0.523. The number of carbonyl (C=O) groups is 1. The number of carbonyl (C=O) groups excluding carboxylic acids is 1. The lowest BCUT2D eigenvalue weighted by atomic mass is 10.1. The first-order chi connectivity index (χ1) is 10.7. The molecule has 114 valence electrons.